The highest BCUT2D eigenvalue weighted by Crippen LogP contribution is 2.20. The fourth-order valence-corrected chi connectivity index (χ4v) is 3.17. The highest BCUT2D eigenvalue weighted by molar-refractivity contribution is 14.0. The first-order valence-electron chi connectivity index (χ1n) is 8.61. The lowest BCUT2D eigenvalue weighted by molar-refractivity contribution is 0.153. The number of guanidine groups is 1. The van der Waals surface area contributed by atoms with Crippen molar-refractivity contribution in [1.29, 1.82) is 0 Å². The van der Waals surface area contributed by atoms with E-state index in [1.165, 1.54) is 12.3 Å². The zero-order chi connectivity index (χ0) is 19.0. The molecule has 1 fully saturated rings. The number of benzene rings is 1. The van der Waals surface area contributed by atoms with Gasteiger partial charge in [-0.1, -0.05) is 12.1 Å². The van der Waals surface area contributed by atoms with Crippen molar-refractivity contribution in [3.8, 4) is 0 Å². The predicted octanol–water partition coefficient (Wildman–Crippen LogP) is 1.20. The number of hydrogen-bond acceptors (Lipinski definition) is 5. The first-order chi connectivity index (χ1) is 12.4. The lowest BCUT2D eigenvalue weighted by Gasteiger charge is -2.37. The van der Waals surface area contributed by atoms with Crippen LogP contribution in [0.1, 0.15) is 0 Å². The molecule has 0 aliphatic carbocycles. The van der Waals surface area contributed by atoms with Crippen molar-refractivity contribution in [2.45, 2.75) is 0 Å². The third-order valence-corrected chi connectivity index (χ3v) is 5.02. The summed E-state index contributed by atoms with van der Waals surface area (Å²) < 4.78 is 41.3. The summed E-state index contributed by atoms with van der Waals surface area (Å²) in [7, 11) is -1.27. The molecule has 0 unspecified atom stereocenters. The van der Waals surface area contributed by atoms with Crippen LogP contribution in [-0.2, 0) is 14.6 Å². The molecule has 1 aromatic rings. The second-order valence-corrected chi connectivity index (χ2v) is 8.40. The van der Waals surface area contributed by atoms with E-state index in [-0.39, 0.29) is 42.2 Å². The Morgan fingerprint density at radius 1 is 1.22 bits per heavy atom. The van der Waals surface area contributed by atoms with Crippen molar-refractivity contribution in [3.63, 3.8) is 0 Å². The van der Waals surface area contributed by atoms with Gasteiger partial charge in [0.2, 0.25) is 0 Å². The van der Waals surface area contributed by atoms with Gasteiger partial charge in [0.1, 0.15) is 15.7 Å². The molecule has 1 N–H and O–H groups in total. The van der Waals surface area contributed by atoms with Gasteiger partial charge in [0.15, 0.2) is 5.96 Å². The molecule has 0 amide bonds. The number of rotatable bonds is 7. The Morgan fingerprint density at radius 2 is 1.89 bits per heavy atom. The summed E-state index contributed by atoms with van der Waals surface area (Å²) in [6.45, 7) is 4.05. The number of halogens is 2. The van der Waals surface area contributed by atoms with Crippen molar-refractivity contribution in [3.05, 3.63) is 30.1 Å². The second kappa shape index (κ2) is 11.6. The third-order valence-electron chi connectivity index (χ3n) is 4.11. The molecular formula is C17H28FIN4O3S. The number of nitrogens with zero attached hydrogens (tertiary/aromatic N) is 3. The van der Waals surface area contributed by atoms with Crippen LogP contribution in [0.5, 0.6) is 0 Å². The van der Waals surface area contributed by atoms with Gasteiger partial charge in [-0.3, -0.25) is 4.99 Å². The lowest BCUT2D eigenvalue weighted by atomic mass is 10.2. The van der Waals surface area contributed by atoms with Crippen LogP contribution in [0, 0.1) is 5.82 Å². The van der Waals surface area contributed by atoms with Crippen molar-refractivity contribution in [2.24, 2.45) is 4.99 Å². The molecule has 1 aromatic carbocycles. The predicted molar refractivity (Wildman–Crippen MR) is 117 cm³/mol. The van der Waals surface area contributed by atoms with Crippen LogP contribution in [0.3, 0.4) is 0 Å². The molecular weight excluding hydrogens is 486 g/mol. The summed E-state index contributed by atoms with van der Waals surface area (Å²) in [5.74, 6) is 0.597. The molecule has 0 radical (unpaired) electrons. The molecule has 154 valence electrons. The molecule has 1 aliphatic heterocycles. The van der Waals surface area contributed by atoms with Crippen LogP contribution in [-0.4, -0.2) is 84.3 Å². The monoisotopic (exact) mass is 514 g/mol. The van der Waals surface area contributed by atoms with Crippen LogP contribution in [0.2, 0.25) is 0 Å². The first kappa shape index (κ1) is 23.9. The molecule has 0 atom stereocenters. The minimum atomic E-state index is -2.99. The minimum Gasteiger partial charge on any atom is -0.379 e. The Hall–Kier alpha value is -1.14. The topological polar surface area (TPSA) is 74.2 Å². The normalized spacial score (nSPS) is 15.4. The van der Waals surface area contributed by atoms with Gasteiger partial charge in [-0.2, -0.15) is 0 Å². The number of anilines is 1. The van der Waals surface area contributed by atoms with Crippen LogP contribution < -0.4 is 10.2 Å². The number of aliphatic imine (C=N–C) groups is 1. The van der Waals surface area contributed by atoms with E-state index >= 15 is 0 Å². The third kappa shape index (κ3) is 8.18. The number of hydrogen-bond donors (Lipinski definition) is 1. The summed E-state index contributed by atoms with van der Waals surface area (Å²) in [6.07, 6.45) is 1.19. The first-order valence-corrected chi connectivity index (χ1v) is 10.7. The SMILES string of the molecule is CN=C(NCCOCCS(C)(=O)=O)N1CCN(c2ccccc2F)CC1.I. The maximum absolute atomic E-state index is 13.9. The smallest absolute Gasteiger partial charge is 0.193 e. The Kier molecular flexibility index (Phi) is 10.3. The Morgan fingerprint density at radius 3 is 2.48 bits per heavy atom. The maximum Gasteiger partial charge on any atom is 0.193 e. The van der Waals surface area contributed by atoms with Crippen LogP contribution >= 0.6 is 24.0 Å². The van der Waals surface area contributed by atoms with Gasteiger partial charge in [0.25, 0.3) is 0 Å². The van der Waals surface area contributed by atoms with Gasteiger partial charge in [-0.05, 0) is 12.1 Å². The van der Waals surface area contributed by atoms with E-state index in [0.717, 1.165) is 19.0 Å². The maximum atomic E-state index is 13.9. The molecule has 0 bridgehead atoms. The number of sulfone groups is 1. The number of ether oxygens (including phenoxy) is 1. The Bertz CT molecular complexity index is 710. The largest absolute Gasteiger partial charge is 0.379 e. The molecule has 27 heavy (non-hydrogen) atoms. The molecule has 1 saturated heterocycles. The minimum absolute atomic E-state index is 0. The average molecular weight is 514 g/mol. The molecule has 1 heterocycles. The Balaban J connectivity index is 0.00000364. The van der Waals surface area contributed by atoms with Crippen LogP contribution in [0.4, 0.5) is 10.1 Å². The summed E-state index contributed by atoms with van der Waals surface area (Å²) >= 11 is 0. The average Bonchev–Trinajstić information content (AvgIpc) is 2.61. The number of nitrogens with one attached hydrogen (secondary N) is 1. The Labute approximate surface area is 177 Å². The number of piperazine rings is 1. The van der Waals surface area contributed by atoms with Crippen molar-refractivity contribution in [1.82, 2.24) is 10.2 Å². The molecule has 0 saturated carbocycles. The molecule has 0 aromatic heterocycles. The van der Waals surface area contributed by atoms with Gasteiger partial charge in [0, 0.05) is 46.0 Å². The summed E-state index contributed by atoms with van der Waals surface area (Å²) in [4.78, 5) is 8.43. The van der Waals surface area contributed by atoms with Crippen molar-refractivity contribution >= 4 is 45.5 Å². The van der Waals surface area contributed by atoms with Crippen LogP contribution in [0.15, 0.2) is 29.3 Å². The molecule has 2 rings (SSSR count). The summed E-state index contributed by atoms with van der Waals surface area (Å²) in [6, 6.07) is 6.81. The summed E-state index contributed by atoms with van der Waals surface area (Å²) in [5.41, 5.74) is 0.634. The zero-order valence-electron chi connectivity index (χ0n) is 15.7. The zero-order valence-corrected chi connectivity index (χ0v) is 18.9. The van der Waals surface area contributed by atoms with Gasteiger partial charge < -0.3 is 19.9 Å². The van der Waals surface area contributed by atoms with E-state index in [2.05, 4.69) is 15.2 Å². The van der Waals surface area contributed by atoms with E-state index in [0.29, 0.717) is 31.9 Å². The standard InChI is InChI=1S/C17H27FN4O3S.HI/c1-19-17(20-7-12-25-13-14-26(2,23)24)22-10-8-21(9-11-22)16-6-4-3-5-15(16)18;/h3-6H,7-14H2,1-2H3,(H,19,20);1H. The van der Waals surface area contributed by atoms with E-state index in [4.69, 9.17) is 4.74 Å². The van der Waals surface area contributed by atoms with Crippen molar-refractivity contribution in [2.75, 3.05) is 69.9 Å². The van der Waals surface area contributed by atoms with Crippen molar-refractivity contribution < 1.29 is 17.5 Å². The molecule has 7 nitrogen and oxygen atoms in total. The molecule has 1 aliphatic rings. The van der Waals surface area contributed by atoms with Gasteiger partial charge in [0.05, 0.1) is 24.7 Å². The fourth-order valence-electron chi connectivity index (χ4n) is 2.75. The quantitative estimate of drug-likeness (QED) is 0.255. The van der Waals surface area contributed by atoms with Gasteiger partial charge in [-0.25, -0.2) is 12.8 Å². The van der Waals surface area contributed by atoms with Crippen LogP contribution in [0.25, 0.3) is 0 Å². The second-order valence-electron chi connectivity index (χ2n) is 6.14. The highest BCUT2D eigenvalue weighted by Gasteiger charge is 2.21. The van der Waals surface area contributed by atoms with Gasteiger partial charge >= 0.3 is 0 Å². The summed E-state index contributed by atoms with van der Waals surface area (Å²) in [5, 5.41) is 3.21. The molecule has 0 spiro atoms. The highest BCUT2D eigenvalue weighted by atomic mass is 127. The van der Waals surface area contributed by atoms with E-state index in [1.54, 1.807) is 19.2 Å². The molecule has 10 heteroatoms. The number of para-hydroxylation sites is 1. The van der Waals surface area contributed by atoms with E-state index in [1.807, 2.05) is 11.0 Å². The van der Waals surface area contributed by atoms with E-state index in [9.17, 15) is 12.8 Å². The van der Waals surface area contributed by atoms with E-state index < -0.39 is 9.84 Å². The lowest BCUT2D eigenvalue weighted by Crippen LogP contribution is -2.53. The van der Waals surface area contributed by atoms with Gasteiger partial charge in [-0.15, -0.1) is 24.0 Å². The fraction of sp³-hybridized carbons (Fsp3) is 0.588.